The zero-order valence-electron chi connectivity index (χ0n) is 14.9. The predicted octanol–water partition coefficient (Wildman–Crippen LogP) is 2.32. The Bertz CT molecular complexity index is 826. The molecule has 152 valence electrons. The van der Waals surface area contributed by atoms with Crippen LogP contribution in [0.15, 0.2) is 12.3 Å². The van der Waals surface area contributed by atoms with Gasteiger partial charge in [-0.1, -0.05) is 0 Å². The van der Waals surface area contributed by atoms with Crippen molar-refractivity contribution in [3.63, 3.8) is 0 Å². The lowest BCUT2D eigenvalue weighted by Gasteiger charge is -2.33. The van der Waals surface area contributed by atoms with Gasteiger partial charge in [-0.05, 0) is 13.0 Å². The van der Waals surface area contributed by atoms with Gasteiger partial charge in [-0.25, -0.2) is 22.5 Å². The molecule has 0 amide bonds. The van der Waals surface area contributed by atoms with Gasteiger partial charge in [-0.3, -0.25) is 0 Å². The summed E-state index contributed by atoms with van der Waals surface area (Å²) in [6.45, 7) is 2.16. The number of halogens is 4. The SMILES string of the molecule is C[C@@H]1COCCN1c1nc(OCC(F)F)nc(-c2cnc(N)cc2C(F)F)n1. The van der Waals surface area contributed by atoms with Crippen molar-refractivity contribution in [2.45, 2.75) is 25.8 Å². The molecule has 1 fully saturated rings. The minimum Gasteiger partial charge on any atom is -0.457 e. The first-order valence-electron chi connectivity index (χ1n) is 8.40. The summed E-state index contributed by atoms with van der Waals surface area (Å²) in [5.74, 6) is -0.151. The van der Waals surface area contributed by atoms with E-state index in [1.54, 1.807) is 4.90 Å². The largest absolute Gasteiger partial charge is 0.457 e. The average molecular weight is 402 g/mol. The third-order valence-electron chi connectivity index (χ3n) is 4.00. The Morgan fingerprint density at radius 2 is 2.07 bits per heavy atom. The maximum Gasteiger partial charge on any atom is 0.322 e. The first-order chi connectivity index (χ1) is 13.3. The average Bonchev–Trinajstić information content (AvgIpc) is 2.66. The number of nitrogen functional groups attached to an aromatic ring is 1. The summed E-state index contributed by atoms with van der Waals surface area (Å²) in [6, 6.07) is 0.502. The van der Waals surface area contributed by atoms with Crippen molar-refractivity contribution in [2.24, 2.45) is 0 Å². The van der Waals surface area contributed by atoms with E-state index in [9.17, 15) is 17.6 Å². The number of ether oxygens (including phenoxy) is 2. The number of rotatable bonds is 6. The van der Waals surface area contributed by atoms with E-state index >= 15 is 0 Å². The van der Waals surface area contributed by atoms with Crippen molar-refractivity contribution in [3.8, 4) is 17.4 Å². The van der Waals surface area contributed by atoms with Gasteiger partial charge in [0.1, 0.15) is 5.82 Å². The molecule has 1 aliphatic heterocycles. The van der Waals surface area contributed by atoms with Gasteiger partial charge in [0.2, 0.25) is 5.95 Å². The minimum absolute atomic E-state index is 0.0874. The van der Waals surface area contributed by atoms with Crippen LogP contribution in [0.4, 0.5) is 29.3 Å². The fourth-order valence-corrected chi connectivity index (χ4v) is 2.68. The normalized spacial score (nSPS) is 17.4. The number of nitrogens with two attached hydrogens (primary N) is 1. The molecule has 8 nitrogen and oxygen atoms in total. The van der Waals surface area contributed by atoms with Crippen molar-refractivity contribution in [3.05, 3.63) is 17.8 Å². The maximum atomic E-state index is 13.5. The van der Waals surface area contributed by atoms with Crippen molar-refractivity contribution in [1.82, 2.24) is 19.9 Å². The summed E-state index contributed by atoms with van der Waals surface area (Å²) < 4.78 is 62.2. The second-order valence-corrected chi connectivity index (χ2v) is 6.06. The van der Waals surface area contributed by atoms with Crippen molar-refractivity contribution >= 4 is 11.8 Å². The van der Waals surface area contributed by atoms with Crippen LogP contribution in [0, 0.1) is 0 Å². The molecule has 0 spiro atoms. The first kappa shape index (κ1) is 20.0. The topological polar surface area (TPSA) is 99.3 Å². The van der Waals surface area contributed by atoms with E-state index in [1.165, 1.54) is 0 Å². The van der Waals surface area contributed by atoms with Crippen LogP contribution in [0.3, 0.4) is 0 Å². The van der Waals surface area contributed by atoms with Gasteiger partial charge in [0.25, 0.3) is 12.9 Å². The van der Waals surface area contributed by atoms with Gasteiger partial charge in [-0.15, -0.1) is 0 Å². The number of nitrogens with zero attached hydrogens (tertiary/aromatic N) is 5. The third kappa shape index (κ3) is 4.55. The van der Waals surface area contributed by atoms with E-state index < -0.39 is 31.0 Å². The lowest BCUT2D eigenvalue weighted by molar-refractivity contribution is 0.0766. The number of aromatic nitrogens is 4. The number of morpholine rings is 1. The molecular formula is C16H18F4N6O2. The molecule has 0 aromatic carbocycles. The van der Waals surface area contributed by atoms with Crippen LogP contribution in [0.2, 0.25) is 0 Å². The van der Waals surface area contributed by atoms with E-state index in [-0.39, 0.29) is 29.2 Å². The van der Waals surface area contributed by atoms with Crippen LogP contribution >= 0.6 is 0 Å². The number of alkyl halides is 4. The molecule has 0 radical (unpaired) electrons. The number of anilines is 2. The molecule has 0 aliphatic carbocycles. The summed E-state index contributed by atoms with van der Waals surface area (Å²) in [7, 11) is 0. The highest BCUT2D eigenvalue weighted by Crippen LogP contribution is 2.31. The summed E-state index contributed by atoms with van der Waals surface area (Å²) in [5.41, 5.74) is 4.97. The Morgan fingerprint density at radius 1 is 1.29 bits per heavy atom. The molecule has 28 heavy (non-hydrogen) atoms. The quantitative estimate of drug-likeness (QED) is 0.735. The highest BCUT2D eigenvalue weighted by molar-refractivity contribution is 5.63. The smallest absolute Gasteiger partial charge is 0.322 e. The molecule has 0 bridgehead atoms. The predicted molar refractivity (Wildman–Crippen MR) is 91.6 cm³/mol. The zero-order valence-corrected chi connectivity index (χ0v) is 14.9. The minimum atomic E-state index is -2.87. The van der Waals surface area contributed by atoms with E-state index in [2.05, 4.69) is 19.9 Å². The first-order valence-corrected chi connectivity index (χ1v) is 8.40. The fourth-order valence-electron chi connectivity index (χ4n) is 2.68. The molecule has 0 unspecified atom stereocenters. The maximum absolute atomic E-state index is 13.5. The molecule has 0 saturated carbocycles. The van der Waals surface area contributed by atoms with Crippen LogP contribution < -0.4 is 15.4 Å². The van der Waals surface area contributed by atoms with Crippen molar-refractivity contribution in [1.29, 1.82) is 0 Å². The van der Waals surface area contributed by atoms with Gasteiger partial charge < -0.3 is 20.1 Å². The summed E-state index contributed by atoms with van der Waals surface area (Å²) in [4.78, 5) is 17.8. The molecule has 2 aromatic heterocycles. The molecule has 3 heterocycles. The molecule has 2 N–H and O–H groups in total. The number of pyridine rings is 1. The van der Waals surface area contributed by atoms with Gasteiger partial charge in [0, 0.05) is 23.9 Å². The number of hydrogen-bond donors (Lipinski definition) is 1. The Balaban J connectivity index is 2.07. The van der Waals surface area contributed by atoms with Gasteiger partial charge in [0.15, 0.2) is 12.4 Å². The van der Waals surface area contributed by atoms with Crippen LogP contribution in [-0.4, -0.2) is 58.8 Å². The summed E-state index contributed by atoms with van der Waals surface area (Å²) >= 11 is 0. The van der Waals surface area contributed by atoms with E-state index in [1.807, 2.05) is 6.92 Å². The van der Waals surface area contributed by atoms with Crippen LogP contribution in [0.25, 0.3) is 11.4 Å². The molecule has 1 aliphatic rings. The van der Waals surface area contributed by atoms with E-state index in [4.69, 9.17) is 15.2 Å². The molecular weight excluding hydrogens is 384 g/mol. The van der Waals surface area contributed by atoms with Crippen molar-refractivity contribution < 1.29 is 27.0 Å². The zero-order chi connectivity index (χ0) is 20.3. The molecule has 2 aromatic rings. The Morgan fingerprint density at radius 3 is 2.75 bits per heavy atom. The lowest BCUT2D eigenvalue weighted by atomic mass is 10.1. The van der Waals surface area contributed by atoms with Crippen LogP contribution in [-0.2, 0) is 4.74 Å². The van der Waals surface area contributed by atoms with Crippen LogP contribution in [0.5, 0.6) is 6.01 Å². The summed E-state index contributed by atoms with van der Waals surface area (Å²) in [5, 5.41) is 0. The van der Waals surface area contributed by atoms with Gasteiger partial charge in [0.05, 0.1) is 19.3 Å². The van der Waals surface area contributed by atoms with Crippen LogP contribution in [0.1, 0.15) is 18.9 Å². The summed E-state index contributed by atoms with van der Waals surface area (Å²) in [6.07, 6.45) is -4.51. The molecule has 1 atom stereocenters. The highest BCUT2D eigenvalue weighted by Gasteiger charge is 2.25. The molecule has 3 rings (SSSR count). The standard InChI is InChI=1S/C16H18F4N6O2/c1-8-6-27-3-2-26(8)15-23-14(24-16(25-15)28-7-11(17)18)10-5-22-12(21)4-9(10)13(19)20/h4-5,8,11,13H,2-3,6-7H2,1H3,(H2,21,22)/t8-/m1/s1. The Hall–Kier alpha value is -2.76. The van der Waals surface area contributed by atoms with Gasteiger partial charge in [-0.2, -0.15) is 15.0 Å². The third-order valence-corrected chi connectivity index (χ3v) is 4.00. The van der Waals surface area contributed by atoms with Crippen molar-refractivity contribution in [2.75, 3.05) is 37.0 Å². The Labute approximate surface area is 157 Å². The molecule has 12 heteroatoms. The fraction of sp³-hybridized carbons (Fsp3) is 0.500. The second-order valence-electron chi connectivity index (χ2n) is 6.06. The second kappa shape index (κ2) is 8.50. The van der Waals surface area contributed by atoms with Gasteiger partial charge >= 0.3 is 6.01 Å². The lowest BCUT2D eigenvalue weighted by Crippen LogP contribution is -2.44. The highest BCUT2D eigenvalue weighted by atomic mass is 19.3. The Kier molecular flexibility index (Phi) is 6.07. The van der Waals surface area contributed by atoms with E-state index in [0.29, 0.717) is 19.8 Å². The molecule has 1 saturated heterocycles. The monoisotopic (exact) mass is 402 g/mol. The van der Waals surface area contributed by atoms with E-state index in [0.717, 1.165) is 12.3 Å². The number of hydrogen-bond acceptors (Lipinski definition) is 8.